The van der Waals surface area contributed by atoms with Crippen molar-refractivity contribution < 1.29 is 0 Å². The lowest BCUT2D eigenvalue weighted by Gasteiger charge is -2.27. The van der Waals surface area contributed by atoms with Gasteiger partial charge in [0.15, 0.2) is 5.84 Å². The van der Waals surface area contributed by atoms with E-state index in [0.717, 1.165) is 5.84 Å². The maximum absolute atomic E-state index is 4.49. The molecule has 0 aromatic rings. The molecule has 62 valence electrons. The first-order valence-corrected chi connectivity index (χ1v) is 3.95. The highest BCUT2D eigenvalue weighted by molar-refractivity contribution is 6.30. The predicted molar refractivity (Wildman–Crippen MR) is 50.1 cm³/mol. The van der Waals surface area contributed by atoms with Crippen molar-refractivity contribution in [2.75, 3.05) is 0 Å². The van der Waals surface area contributed by atoms with Crippen LogP contribution < -0.4 is 0 Å². The second-order valence-corrected chi connectivity index (χ2v) is 3.42. The molecule has 0 amide bonds. The average molecular weight is 161 g/mol. The molecule has 2 rings (SSSR count). The lowest BCUT2D eigenvalue weighted by Crippen LogP contribution is -2.32. The summed E-state index contributed by atoms with van der Waals surface area (Å²) >= 11 is 0. The molecular formula is C9H11N3. The number of fused-ring (bicyclic) bond motifs is 1. The third-order valence-electron chi connectivity index (χ3n) is 1.81. The van der Waals surface area contributed by atoms with E-state index in [1.54, 1.807) is 12.4 Å². The van der Waals surface area contributed by atoms with Gasteiger partial charge in [0.05, 0.1) is 11.8 Å². The summed E-state index contributed by atoms with van der Waals surface area (Å²) in [5, 5.41) is 0. The molecule has 2 aliphatic rings. The van der Waals surface area contributed by atoms with E-state index in [2.05, 4.69) is 29.9 Å². The lowest BCUT2D eigenvalue weighted by molar-refractivity contribution is 0.595. The maximum atomic E-state index is 4.49. The van der Waals surface area contributed by atoms with E-state index < -0.39 is 0 Å². The fourth-order valence-electron chi connectivity index (χ4n) is 1.17. The van der Waals surface area contributed by atoms with Crippen LogP contribution in [0.5, 0.6) is 0 Å². The summed E-state index contributed by atoms with van der Waals surface area (Å²) < 4.78 is 0. The van der Waals surface area contributed by atoms with Crippen molar-refractivity contribution in [3.8, 4) is 0 Å². The molecule has 0 aromatic heterocycles. The second-order valence-electron chi connectivity index (χ2n) is 3.42. The summed E-state index contributed by atoms with van der Waals surface area (Å²) in [6.45, 7) is 4.14. The smallest absolute Gasteiger partial charge is 0.151 e. The molecule has 3 heteroatoms. The Morgan fingerprint density at radius 3 is 3.00 bits per heavy atom. The fourth-order valence-corrected chi connectivity index (χ4v) is 1.17. The highest BCUT2D eigenvalue weighted by atomic mass is 15.2. The number of aliphatic imine (C=N–C) groups is 2. The van der Waals surface area contributed by atoms with Gasteiger partial charge in [-0.2, -0.15) is 0 Å². The van der Waals surface area contributed by atoms with Crippen LogP contribution in [0.1, 0.15) is 13.8 Å². The van der Waals surface area contributed by atoms with E-state index in [4.69, 9.17) is 0 Å². The summed E-state index contributed by atoms with van der Waals surface area (Å²) in [5.74, 6) is 0.907. The third kappa shape index (κ3) is 1.18. The fraction of sp³-hybridized carbons (Fsp3) is 0.333. The highest BCUT2D eigenvalue weighted by Crippen LogP contribution is 2.18. The Morgan fingerprint density at radius 1 is 1.33 bits per heavy atom. The second kappa shape index (κ2) is 2.30. The Bertz CT molecular complexity index is 308. The van der Waals surface area contributed by atoms with E-state index in [-0.39, 0.29) is 5.54 Å². The maximum Gasteiger partial charge on any atom is 0.151 e. The molecule has 0 saturated carbocycles. The molecule has 0 aliphatic carbocycles. The molecule has 0 saturated heterocycles. The summed E-state index contributed by atoms with van der Waals surface area (Å²) in [4.78, 5) is 10.5. The lowest BCUT2D eigenvalue weighted by atomic mass is 10.1. The molecule has 12 heavy (non-hydrogen) atoms. The van der Waals surface area contributed by atoms with Crippen molar-refractivity contribution in [3.63, 3.8) is 0 Å². The van der Waals surface area contributed by atoms with Crippen LogP contribution in [-0.2, 0) is 0 Å². The van der Waals surface area contributed by atoms with Gasteiger partial charge in [-0.15, -0.1) is 0 Å². The molecular weight excluding hydrogens is 150 g/mol. The van der Waals surface area contributed by atoms with Crippen LogP contribution in [0.3, 0.4) is 0 Å². The predicted octanol–water partition coefficient (Wildman–Crippen LogP) is 1.55. The molecule has 2 heterocycles. The van der Waals surface area contributed by atoms with Gasteiger partial charge < -0.3 is 4.90 Å². The van der Waals surface area contributed by atoms with Crippen molar-refractivity contribution in [1.82, 2.24) is 4.90 Å². The molecule has 2 aliphatic heterocycles. The number of nitrogens with zero attached hydrogens (tertiary/aromatic N) is 3. The number of hydrogen-bond donors (Lipinski definition) is 0. The van der Waals surface area contributed by atoms with Gasteiger partial charge in [-0.1, -0.05) is 0 Å². The quantitative estimate of drug-likeness (QED) is 0.529. The SMILES string of the molecule is CC1(C)C=CN2C=CN=CC2=N1. The summed E-state index contributed by atoms with van der Waals surface area (Å²) in [6, 6.07) is 0. The van der Waals surface area contributed by atoms with Gasteiger partial charge in [0.25, 0.3) is 0 Å². The molecule has 0 atom stereocenters. The molecule has 0 N–H and O–H groups in total. The Morgan fingerprint density at radius 2 is 2.17 bits per heavy atom. The zero-order chi connectivity index (χ0) is 8.60. The number of amidine groups is 1. The van der Waals surface area contributed by atoms with Crippen LogP contribution in [-0.4, -0.2) is 22.5 Å². The van der Waals surface area contributed by atoms with Crippen molar-refractivity contribution in [2.45, 2.75) is 19.4 Å². The number of hydrogen-bond acceptors (Lipinski definition) is 3. The first-order chi connectivity index (χ1) is 5.67. The molecule has 0 fully saturated rings. The largest absolute Gasteiger partial charge is 0.306 e. The molecule has 0 radical (unpaired) electrons. The first kappa shape index (κ1) is 7.28. The van der Waals surface area contributed by atoms with Gasteiger partial charge in [-0.25, -0.2) is 0 Å². The summed E-state index contributed by atoms with van der Waals surface area (Å²) in [6.07, 6.45) is 9.50. The van der Waals surface area contributed by atoms with Crippen LogP contribution in [0.4, 0.5) is 0 Å². The van der Waals surface area contributed by atoms with Crippen LogP contribution in [0, 0.1) is 0 Å². The van der Waals surface area contributed by atoms with Crippen molar-refractivity contribution in [1.29, 1.82) is 0 Å². The van der Waals surface area contributed by atoms with E-state index in [0.29, 0.717) is 0 Å². The zero-order valence-electron chi connectivity index (χ0n) is 7.23. The Labute approximate surface area is 71.8 Å². The molecule has 3 nitrogen and oxygen atoms in total. The first-order valence-electron chi connectivity index (χ1n) is 3.95. The van der Waals surface area contributed by atoms with Gasteiger partial charge in [0, 0.05) is 18.6 Å². The molecule has 0 bridgehead atoms. The monoisotopic (exact) mass is 161 g/mol. The van der Waals surface area contributed by atoms with Gasteiger partial charge >= 0.3 is 0 Å². The van der Waals surface area contributed by atoms with Gasteiger partial charge in [0.2, 0.25) is 0 Å². The van der Waals surface area contributed by atoms with E-state index >= 15 is 0 Å². The van der Waals surface area contributed by atoms with Gasteiger partial charge in [-0.3, -0.25) is 9.98 Å². The Hall–Kier alpha value is -1.38. The summed E-state index contributed by atoms with van der Waals surface area (Å²) in [7, 11) is 0. The standard InChI is InChI=1S/C9H11N3/c1-9(2)3-5-12-6-4-10-7-8(12)11-9/h3-7H,1-2H3. The minimum Gasteiger partial charge on any atom is -0.306 e. The zero-order valence-corrected chi connectivity index (χ0v) is 7.23. The van der Waals surface area contributed by atoms with Crippen molar-refractivity contribution >= 4 is 12.1 Å². The van der Waals surface area contributed by atoms with Gasteiger partial charge in [0.1, 0.15) is 0 Å². The van der Waals surface area contributed by atoms with E-state index in [1.165, 1.54) is 0 Å². The number of rotatable bonds is 0. The average Bonchev–Trinajstić information content (AvgIpc) is 2.02. The molecule has 0 unspecified atom stereocenters. The minimum atomic E-state index is -0.0942. The van der Waals surface area contributed by atoms with Gasteiger partial charge in [-0.05, 0) is 19.9 Å². The molecule has 0 aromatic carbocycles. The van der Waals surface area contributed by atoms with Crippen LogP contribution >= 0.6 is 0 Å². The minimum absolute atomic E-state index is 0.0942. The summed E-state index contributed by atoms with van der Waals surface area (Å²) in [5.41, 5.74) is -0.0942. The molecule has 0 spiro atoms. The van der Waals surface area contributed by atoms with Crippen LogP contribution in [0.15, 0.2) is 34.7 Å². The normalized spacial score (nSPS) is 23.8. The van der Waals surface area contributed by atoms with E-state index in [1.807, 2.05) is 17.3 Å². The topological polar surface area (TPSA) is 28.0 Å². The van der Waals surface area contributed by atoms with Crippen molar-refractivity contribution in [2.24, 2.45) is 9.98 Å². The van der Waals surface area contributed by atoms with Crippen LogP contribution in [0.25, 0.3) is 0 Å². The van der Waals surface area contributed by atoms with E-state index in [9.17, 15) is 0 Å². The van der Waals surface area contributed by atoms with Crippen LogP contribution in [0.2, 0.25) is 0 Å². The Kier molecular flexibility index (Phi) is 1.40. The third-order valence-corrected chi connectivity index (χ3v) is 1.81. The van der Waals surface area contributed by atoms with Crippen molar-refractivity contribution in [3.05, 3.63) is 24.7 Å². The highest BCUT2D eigenvalue weighted by Gasteiger charge is 2.20. The Balaban J connectivity index is 2.36.